The van der Waals surface area contributed by atoms with Gasteiger partial charge in [-0.25, -0.2) is 13.8 Å². The predicted octanol–water partition coefficient (Wildman–Crippen LogP) is 4.66. The van der Waals surface area contributed by atoms with Crippen LogP contribution in [0.1, 0.15) is 18.2 Å². The summed E-state index contributed by atoms with van der Waals surface area (Å²) in [6.07, 6.45) is 5.42. The molecule has 2 aromatic rings. The van der Waals surface area contributed by atoms with Crippen LogP contribution in [-0.2, 0) is 11.3 Å². The van der Waals surface area contributed by atoms with Gasteiger partial charge in [0.15, 0.2) is 5.83 Å². The van der Waals surface area contributed by atoms with Crippen LogP contribution >= 0.6 is 0 Å². The topological polar surface area (TPSA) is 45.6 Å². The van der Waals surface area contributed by atoms with E-state index in [1.54, 1.807) is 24.1 Å². The van der Waals surface area contributed by atoms with Crippen molar-refractivity contribution in [3.8, 4) is 0 Å². The predicted molar refractivity (Wildman–Crippen MR) is 102 cm³/mol. The summed E-state index contributed by atoms with van der Waals surface area (Å²) >= 11 is 0. The van der Waals surface area contributed by atoms with Crippen molar-refractivity contribution in [3.05, 3.63) is 96.0 Å². The number of halogens is 2. The number of aromatic nitrogens is 1. The van der Waals surface area contributed by atoms with Gasteiger partial charge in [0.1, 0.15) is 12.0 Å². The SMILES string of the molecule is C/C=C(\C=C/C(F)=C/F)/N=C1\C(=O)N(Cc2ccccn2)c2ccccc21. The molecule has 1 aliphatic rings. The first-order valence-corrected chi connectivity index (χ1v) is 8.34. The standard InChI is InChI=1S/C21H17F2N3O/c1-2-16(11-10-15(23)13-22)25-20-18-8-3-4-9-19(18)26(21(20)27)14-17-7-5-6-12-24-17/h2-13H,14H2,1H3/b11-10-,15-13-,16-2+,25-20-. The molecule has 1 aromatic heterocycles. The Hall–Kier alpha value is -3.41. The Morgan fingerprint density at radius 3 is 2.67 bits per heavy atom. The Bertz CT molecular complexity index is 962. The zero-order valence-electron chi connectivity index (χ0n) is 14.6. The summed E-state index contributed by atoms with van der Waals surface area (Å²) in [5.74, 6) is -1.29. The number of aliphatic imine (C=N–C) groups is 1. The molecule has 0 radical (unpaired) electrons. The van der Waals surface area contributed by atoms with Gasteiger partial charge in [-0.15, -0.1) is 0 Å². The number of benzene rings is 1. The molecule has 0 saturated heterocycles. The highest BCUT2D eigenvalue weighted by Gasteiger charge is 2.33. The van der Waals surface area contributed by atoms with Crippen molar-refractivity contribution >= 4 is 17.3 Å². The molecule has 0 spiro atoms. The maximum absolute atomic E-state index is 13.0. The van der Waals surface area contributed by atoms with Crippen molar-refractivity contribution < 1.29 is 13.6 Å². The molecule has 27 heavy (non-hydrogen) atoms. The largest absolute Gasteiger partial charge is 0.300 e. The lowest BCUT2D eigenvalue weighted by atomic mass is 10.1. The van der Waals surface area contributed by atoms with Crippen molar-refractivity contribution in [2.45, 2.75) is 13.5 Å². The minimum atomic E-state index is -1.02. The number of carbonyl (C=O) groups excluding carboxylic acids is 1. The summed E-state index contributed by atoms with van der Waals surface area (Å²) in [7, 11) is 0. The molecule has 0 saturated carbocycles. The van der Waals surface area contributed by atoms with E-state index in [2.05, 4.69) is 9.98 Å². The lowest BCUT2D eigenvalue weighted by Gasteiger charge is -2.16. The minimum absolute atomic E-state index is 0.137. The van der Waals surface area contributed by atoms with Crippen molar-refractivity contribution in [1.82, 2.24) is 4.98 Å². The Labute approximate surface area is 155 Å². The number of pyridine rings is 1. The molecule has 3 rings (SSSR count). The molecule has 136 valence electrons. The fraction of sp³-hybridized carbons (Fsp3) is 0.0952. The zero-order chi connectivity index (χ0) is 19.2. The van der Waals surface area contributed by atoms with Gasteiger partial charge in [0.25, 0.3) is 5.91 Å². The van der Waals surface area contributed by atoms with Gasteiger partial charge in [0, 0.05) is 11.8 Å². The van der Waals surface area contributed by atoms with Gasteiger partial charge in [-0.2, -0.15) is 0 Å². The molecular formula is C21H17F2N3O. The Morgan fingerprint density at radius 2 is 1.96 bits per heavy atom. The van der Waals surface area contributed by atoms with E-state index in [1.807, 2.05) is 42.5 Å². The van der Waals surface area contributed by atoms with E-state index in [0.717, 1.165) is 17.5 Å². The summed E-state index contributed by atoms with van der Waals surface area (Å²) < 4.78 is 25.2. The van der Waals surface area contributed by atoms with Gasteiger partial charge in [-0.1, -0.05) is 30.3 Å². The first-order chi connectivity index (χ1) is 13.1. The highest BCUT2D eigenvalue weighted by Crippen LogP contribution is 2.31. The van der Waals surface area contributed by atoms with E-state index in [1.165, 1.54) is 6.08 Å². The summed E-state index contributed by atoms with van der Waals surface area (Å²) in [6, 6.07) is 12.8. The number of nitrogens with zero attached hydrogens (tertiary/aromatic N) is 3. The molecular weight excluding hydrogens is 348 g/mol. The average Bonchev–Trinajstić information content (AvgIpc) is 2.97. The number of rotatable bonds is 5. The third kappa shape index (κ3) is 4.06. The second-order valence-corrected chi connectivity index (χ2v) is 5.73. The van der Waals surface area contributed by atoms with Gasteiger partial charge < -0.3 is 4.90 Å². The first-order valence-electron chi connectivity index (χ1n) is 8.34. The van der Waals surface area contributed by atoms with Gasteiger partial charge in [-0.05, 0) is 37.3 Å². The van der Waals surface area contributed by atoms with E-state index in [4.69, 9.17) is 0 Å². The number of carbonyl (C=O) groups is 1. The molecule has 0 atom stereocenters. The Morgan fingerprint density at radius 1 is 1.19 bits per heavy atom. The maximum Gasteiger partial charge on any atom is 0.277 e. The molecule has 0 unspecified atom stereocenters. The molecule has 0 aliphatic carbocycles. The fourth-order valence-electron chi connectivity index (χ4n) is 2.71. The van der Waals surface area contributed by atoms with Crippen molar-refractivity contribution in [3.63, 3.8) is 0 Å². The lowest BCUT2D eigenvalue weighted by molar-refractivity contribution is -0.112. The molecule has 0 bridgehead atoms. The van der Waals surface area contributed by atoms with Crippen LogP contribution in [0.2, 0.25) is 0 Å². The number of fused-ring (bicyclic) bond motifs is 1. The monoisotopic (exact) mass is 365 g/mol. The molecule has 1 aliphatic heterocycles. The van der Waals surface area contributed by atoms with Gasteiger partial charge >= 0.3 is 0 Å². The smallest absolute Gasteiger partial charge is 0.277 e. The third-order valence-corrected chi connectivity index (χ3v) is 4.00. The van der Waals surface area contributed by atoms with Crippen LogP contribution in [-0.4, -0.2) is 16.6 Å². The molecule has 0 N–H and O–H groups in total. The van der Waals surface area contributed by atoms with E-state index in [-0.39, 0.29) is 17.9 Å². The van der Waals surface area contributed by atoms with Gasteiger partial charge in [-0.3, -0.25) is 9.78 Å². The maximum atomic E-state index is 13.0. The van der Waals surface area contributed by atoms with E-state index >= 15 is 0 Å². The van der Waals surface area contributed by atoms with E-state index < -0.39 is 5.83 Å². The lowest BCUT2D eigenvalue weighted by Crippen LogP contribution is -2.30. The van der Waals surface area contributed by atoms with Crippen LogP contribution in [0.5, 0.6) is 0 Å². The second-order valence-electron chi connectivity index (χ2n) is 5.73. The fourth-order valence-corrected chi connectivity index (χ4v) is 2.71. The summed E-state index contributed by atoms with van der Waals surface area (Å²) in [6.45, 7) is 2.02. The number of para-hydroxylation sites is 1. The minimum Gasteiger partial charge on any atom is -0.300 e. The number of amides is 1. The van der Waals surface area contributed by atoms with Gasteiger partial charge in [0.2, 0.25) is 0 Å². The van der Waals surface area contributed by atoms with Crippen molar-refractivity contribution in [2.75, 3.05) is 4.90 Å². The van der Waals surface area contributed by atoms with Crippen LogP contribution in [0, 0.1) is 0 Å². The Kier molecular flexibility index (Phi) is 5.66. The quantitative estimate of drug-likeness (QED) is 0.724. The highest BCUT2D eigenvalue weighted by molar-refractivity contribution is 6.54. The van der Waals surface area contributed by atoms with Crippen LogP contribution in [0.3, 0.4) is 0 Å². The van der Waals surface area contributed by atoms with Crippen LogP contribution in [0.25, 0.3) is 0 Å². The zero-order valence-corrected chi connectivity index (χ0v) is 14.6. The number of allylic oxidation sites excluding steroid dienone is 4. The molecule has 6 heteroatoms. The van der Waals surface area contributed by atoms with Crippen LogP contribution in [0.4, 0.5) is 14.5 Å². The number of hydrogen-bond acceptors (Lipinski definition) is 3. The molecule has 0 fully saturated rings. The average molecular weight is 365 g/mol. The molecule has 4 nitrogen and oxygen atoms in total. The molecule has 2 heterocycles. The Balaban J connectivity index is 1.97. The van der Waals surface area contributed by atoms with Crippen molar-refractivity contribution in [1.29, 1.82) is 0 Å². The van der Waals surface area contributed by atoms with E-state index in [9.17, 15) is 13.6 Å². The van der Waals surface area contributed by atoms with Crippen LogP contribution < -0.4 is 4.90 Å². The van der Waals surface area contributed by atoms with Gasteiger partial charge in [0.05, 0.1) is 23.6 Å². The molecule has 1 amide bonds. The van der Waals surface area contributed by atoms with Crippen molar-refractivity contribution in [2.24, 2.45) is 4.99 Å². The highest BCUT2D eigenvalue weighted by atomic mass is 19.2. The molecule has 1 aromatic carbocycles. The number of hydrogen-bond donors (Lipinski definition) is 0. The summed E-state index contributed by atoms with van der Waals surface area (Å²) in [5.41, 5.74) is 2.78. The second kappa shape index (κ2) is 8.31. The summed E-state index contributed by atoms with van der Waals surface area (Å²) in [4.78, 5) is 23.2. The normalized spacial score (nSPS) is 16.5. The number of anilines is 1. The third-order valence-electron chi connectivity index (χ3n) is 4.00. The van der Waals surface area contributed by atoms with Crippen LogP contribution in [0.15, 0.2) is 89.7 Å². The summed E-state index contributed by atoms with van der Waals surface area (Å²) in [5, 5.41) is 0. The van der Waals surface area contributed by atoms with E-state index in [0.29, 0.717) is 17.8 Å². The first kappa shape index (κ1) is 18.4.